The lowest BCUT2D eigenvalue weighted by Gasteiger charge is -2.31. The molecule has 114 valence electrons. The molecule has 0 aromatic heterocycles. The number of rotatable bonds is 2. The minimum absolute atomic E-state index is 0.326. The highest BCUT2D eigenvalue weighted by molar-refractivity contribution is 6.33. The first-order chi connectivity index (χ1) is 9.80. The first-order valence-corrected chi connectivity index (χ1v) is 7.17. The third kappa shape index (κ3) is 3.88. The van der Waals surface area contributed by atoms with E-state index in [-0.39, 0.29) is 6.09 Å². The molecule has 0 bridgehead atoms. The van der Waals surface area contributed by atoms with Gasteiger partial charge in [-0.25, -0.2) is 4.79 Å². The van der Waals surface area contributed by atoms with Crippen LogP contribution in [0.3, 0.4) is 0 Å². The first-order valence-electron chi connectivity index (χ1n) is 6.79. The molecule has 0 atom stereocenters. The summed E-state index contributed by atoms with van der Waals surface area (Å²) in [6.45, 7) is 6.58. The highest BCUT2D eigenvalue weighted by atomic mass is 35.5. The van der Waals surface area contributed by atoms with Crippen LogP contribution in [0.15, 0.2) is 12.1 Å². The molecule has 2 amide bonds. The largest absolute Gasteiger partial charge is 0.444 e. The topological polar surface area (TPSA) is 58.6 Å². The van der Waals surface area contributed by atoms with Gasteiger partial charge in [0, 0.05) is 13.1 Å². The van der Waals surface area contributed by atoms with Gasteiger partial charge in [-0.1, -0.05) is 11.6 Å². The van der Waals surface area contributed by atoms with E-state index in [0.717, 1.165) is 17.5 Å². The first kappa shape index (κ1) is 15.6. The van der Waals surface area contributed by atoms with E-state index >= 15 is 0 Å². The van der Waals surface area contributed by atoms with Crippen molar-refractivity contribution in [1.29, 1.82) is 0 Å². The predicted octanol–water partition coefficient (Wildman–Crippen LogP) is 3.20. The van der Waals surface area contributed by atoms with Crippen LogP contribution in [-0.4, -0.2) is 29.5 Å². The molecule has 0 aliphatic carbocycles. The Hall–Kier alpha value is -1.75. The number of hydrogen-bond donors (Lipinski definition) is 1. The van der Waals surface area contributed by atoms with Crippen LogP contribution in [0, 0.1) is 0 Å². The number of halogens is 1. The van der Waals surface area contributed by atoms with Crippen molar-refractivity contribution in [2.45, 2.75) is 39.3 Å². The molecule has 1 N–H and O–H groups in total. The zero-order valence-electron chi connectivity index (χ0n) is 12.4. The number of benzene rings is 1. The molecular weight excluding hydrogens is 292 g/mol. The van der Waals surface area contributed by atoms with Gasteiger partial charge in [-0.3, -0.25) is 4.79 Å². The van der Waals surface area contributed by atoms with E-state index in [1.165, 1.54) is 0 Å². The summed E-state index contributed by atoms with van der Waals surface area (Å²) < 4.78 is 5.38. The van der Waals surface area contributed by atoms with Crippen molar-refractivity contribution in [2.75, 3.05) is 11.9 Å². The molecule has 0 saturated carbocycles. The van der Waals surface area contributed by atoms with E-state index in [1.807, 2.05) is 32.9 Å². The van der Waals surface area contributed by atoms with E-state index in [2.05, 4.69) is 5.32 Å². The molecule has 0 spiro atoms. The van der Waals surface area contributed by atoms with Gasteiger partial charge < -0.3 is 15.0 Å². The predicted molar refractivity (Wildman–Crippen MR) is 81.5 cm³/mol. The number of anilines is 1. The molecule has 0 saturated heterocycles. The lowest BCUT2D eigenvalue weighted by molar-refractivity contribution is -0.105. The van der Waals surface area contributed by atoms with E-state index in [1.54, 1.807) is 4.90 Å². The maximum Gasteiger partial charge on any atom is 0.410 e. The monoisotopic (exact) mass is 310 g/mol. The van der Waals surface area contributed by atoms with Gasteiger partial charge in [0.05, 0.1) is 10.7 Å². The molecule has 2 rings (SSSR count). The van der Waals surface area contributed by atoms with Crippen molar-refractivity contribution in [3.05, 3.63) is 28.3 Å². The number of nitrogens with one attached hydrogen (secondary N) is 1. The highest BCUT2D eigenvalue weighted by Crippen LogP contribution is 2.30. The molecule has 0 radical (unpaired) electrons. The highest BCUT2D eigenvalue weighted by Gasteiger charge is 2.26. The van der Waals surface area contributed by atoms with Crippen molar-refractivity contribution in [3.63, 3.8) is 0 Å². The van der Waals surface area contributed by atoms with E-state index in [4.69, 9.17) is 16.3 Å². The Morgan fingerprint density at radius 2 is 2.10 bits per heavy atom. The Morgan fingerprint density at radius 1 is 1.38 bits per heavy atom. The van der Waals surface area contributed by atoms with Crippen LogP contribution in [0.2, 0.25) is 5.02 Å². The number of carbonyl (C=O) groups is 2. The number of nitrogens with zero attached hydrogens (tertiary/aromatic N) is 1. The lowest BCUT2D eigenvalue weighted by Crippen LogP contribution is -2.39. The zero-order valence-corrected chi connectivity index (χ0v) is 13.2. The van der Waals surface area contributed by atoms with Gasteiger partial charge in [0.1, 0.15) is 5.60 Å². The third-order valence-electron chi connectivity index (χ3n) is 3.17. The zero-order chi connectivity index (χ0) is 15.6. The Morgan fingerprint density at radius 3 is 2.71 bits per heavy atom. The summed E-state index contributed by atoms with van der Waals surface area (Å²) in [6.07, 6.45) is 0.977. The smallest absolute Gasteiger partial charge is 0.410 e. The lowest BCUT2D eigenvalue weighted by atomic mass is 9.99. The molecule has 1 aliphatic rings. The summed E-state index contributed by atoms with van der Waals surface area (Å²) in [4.78, 5) is 24.3. The second-order valence-electron chi connectivity index (χ2n) is 6.01. The Labute approximate surface area is 129 Å². The summed E-state index contributed by atoms with van der Waals surface area (Å²) in [5.41, 5.74) is 2.11. The summed E-state index contributed by atoms with van der Waals surface area (Å²) in [7, 11) is 0. The maximum atomic E-state index is 12.1. The Kier molecular flexibility index (Phi) is 4.42. The standard InChI is InChI=1S/C15H19ClN2O3/c1-15(2,3)21-14(20)18-5-4-10-6-12(16)13(17-9-19)7-11(10)8-18/h6-7,9H,4-5,8H2,1-3H3,(H,17,19). The SMILES string of the molecule is CC(C)(C)OC(=O)N1CCc2cc(Cl)c(NC=O)cc2C1. The summed E-state index contributed by atoms with van der Waals surface area (Å²) in [5, 5.41) is 3.07. The molecule has 21 heavy (non-hydrogen) atoms. The van der Waals surface area contributed by atoms with Crippen molar-refractivity contribution in [2.24, 2.45) is 0 Å². The quantitative estimate of drug-likeness (QED) is 0.853. The molecule has 0 fully saturated rings. The van der Waals surface area contributed by atoms with E-state index in [9.17, 15) is 9.59 Å². The maximum absolute atomic E-state index is 12.1. The van der Waals surface area contributed by atoms with Gasteiger partial charge in [-0.05, 0) is 50.5 Å². The van der Waals surface area contributed by atoms with Gasteiger partial charge in [-0.2, -0.15) is 0 Å². The molecule has 1 aromatic carbocycles. The fourth-order valence-electron chi connectivity index (χ4n) is 2.24. The number of fused-ring (bicyclic) bond motifs is 1. The van der Waals surface area contributed by atoms with E-state index in [0.29, 0.717) is 30.2 Å². The van der Waals surface area contributed by atoms with Gasteiger partial charge in [-0.15, -0.1) is 0 Å². The summed E-state index contributed by atoms with van der Waals surface area (Å²) in [6, 6.07) is 3.65. The van der Waals surface area contributed by atoms with Gasteiger partial charge in [0.15, 0.2) is 0 Å². The number of hydrogen-bond acceptors (Lipinski definition) is 3. The van der Waals surface area contributed by atoms with Crippen LogP contribution in [0.25, 0.3) is 0 Å². The number of carbonyl (C=O) groups excluding carboxylic acids is 2. The van der Waals surface area contributed by atoms with Gasteiger partial charge in [0.2, 0.25) is 6.41 Å². The molecule has 1 heterocycles. The molecule has 5 nitrogen and oxygen atoms in total. The molecule has 0 unspecified atom stereocenters. The molecule has 1 aliphatic heterocycles. The summed E-state index contributed by atoms with van der Waals surface area (Å²) >= 11 is 6.10. The third-order valence-corrected chi connectivity index (χ3v) is 3.48. The second-order valence-corrected chi connectivity index (χ2v) is 6.42. The molecule has 1 aromatic rings. The van der Waals surface area contributed by atoms with Crippen LogP contribution in [0.5, 0.6) is 0 Å². The van der Waals surface area contributed by atoms with Crippen LogP contribution in [-0.2, 0) is 22.5 Å². The fourth-order valence-corrected chi connectivity index (χ4v) is 2.48. The normalized spacial score (nSPS) is 14.4. The van der Waals surface area contributed by atoms with Gasteiger partial charge >= 0.3 is 6.09 Å². The van der Waals surface area contributed by atoms with Crippen molar-refractivity contribution < 1.29 is 14.3 Å². The molecular formula is C15H19ClN2O3. The van der Waals surface area contributed by atoms with Crippen LogP contribution < -0.4 is 5.32 Å². The van der Waals surface area contributed by atoms with Crippen LogP contribution in [0.4, 0.5) is 10.5 Å². The van der Waals surface area contributed by atoms with Crippen molar-refractivity contribution in [3.8, 4) is 0 Å². The number of ether oxygens (including phenoxy) is 1. The average Bonchev–Trinajstić information content (AvgIpc) is 2.37. The van der Waals surface area contributed by atoms with Crippen molar-refractivity contribution >= 4 is 29.8 Å². The minimum atomic E-state index is -0.512. The van der Waals surface area contributed by atoms with Crippen LogP contribution in [0.1, 0.15) is 31.9 Å². The summed E-state index contributed by atoms with van der Waals surface area (Å²) in [5.74, 6) is 0. The Balaban J connectivity index is 2.17. The average molecular weight is 311 g/mol. The minimum Gasteiger partial charge on any atom is -0.444 e. The van der Waals surface area contributed by atoms with Crippen molar-refractivity contribution in [1.82, 2.24) is 4.90 Å². The number of amides is 2. The Bertz CT molecular complexity index is 567. The second kappa shape index (κ2) is 5.93. The van der Waals surface area contributed by atoms with E-state index < -0.39 is 5.60 Å². The van der Waals surface area contributed by atoms with Crippen LogP contribution >= 0.6 is 11.6 Å². The fraction of sp³-hybridized carbons (Fsp3) is 0.467. The van der Waals surface area contributed by atoms with Gasteiger partial charge in [0.25, 0.3) is 0 Å². The molecule has 6 heteroatoms.